The molecule has 2 N–H and O–H groups in total. The summed E-state index contributed by atoms with van der Waals surface area (Å²) in [5.74, 6) is 0. The minimum absolute atomic E-state index is 0.229. The van der Waals surface area contributed by atoms with Crippen molar-refractivity contribution in [3.05, 3.63) is 71.8 Å². The fourth-order valence-corrected chi connectivity index (χ4v) is 2.64. The van der Waals surface area contributed by atoms with Crippen LogP contribution in [0.2, 0.25) is 0 Å². The van der Waals surface area contributed by atoms with E-state index in [4.69, 9.17) is 0 Å². The van der Waals surface area contributed by atoms with Gasteiger partial charge in [-0.1, -0.05) is 60.7 Å². The van der Waals surface area contributed by atoms with Gasteiger partial charge in [0.15, 0.2) is 0 Å². The second-order valence-corrected chi connectivity index (χ2v) is 6.16. The summed E-state index contributed by atoms with van der Waals surface area (Å²) in [4.78, 5) is 0. The Kier molecular flexibility index (Phi) is 4.89. The van der Waals surface area contributed by atoms with E-state index in [1.54, 1.807) is 0 Å². The molecule has 0 aromatic heterocycles. The van der Waals surface area contributed by atoms with Crippen LogP contribution < -0.4 is 5.32 Å². The fraction of sp³-hybridized carbons (Fsp3) is 0.200. The van der Waals surface area contributed by atoms with E-state index >= 15 is 0 Å². The average molecular weight is 291 g/mol. The Morgan fingerprint density at radius 1 is 0.900 bits per heavy atom. The summed E-state index contributed by atoms with van der Waals surface area (Å²) in [6.45, 7) is 0.387. The van der Waals surface area contributed by atoms with Gasteiger partial charge in [-0.15, -0.1) is 0 Å². The number of hydrogen-bond donors (Lipinski definition) is 2. The molecule has 106 valence electrons. The molecule has 20 heavy (non-hydrogen) atoms. The number of benzene rings is 2. The molecular weight excluding hydrogens is 274 g/mol. The zero-order chi connectivity index (χ0) is 14.4. The number of rotatable bonds is 6. The third-order valence-corrected chi connectivity index (χ3v) is 4.05. The first-order chi connectivity index (χ1) is 9.55. The summed E-state index contributed by atoms with van der Waals surface area (Å²) in [5.41, 5.74) is 1.82. The Hall–Kier alpha value is -1.69. The monoisotopic (exact) mass is 291 g/mol. The molecule has 2 aromatic rings. The van der Waals surface area contributed by atoms with Crippen LogP contribution in [0.4, 0.5) is 0 Å². The molecule has 4 nitrogen and oxygen atoms in total. The van der Waals surface area contributed by atoms with E-state index < -0.39 is 15.5 Å². The Balaban J connectivity index is 2.05. The molecule has 0 saturated heterocycles. The van der Waals surface area contributed by atoms with Gasteiger partial charge in [0.1, 0.15) is 5.37 Å². The smallest absolute Gasteiger partial charge is 0.281 e. The van der Waals surface area contributed by atoms with E-state index in [-0.39, 0.29) is 6.42 Å². The molecule has 5 heteroatoms. The van der Waals surface area contributed by atoms with E-state index in [1.807, 2.05) is 60.7 Å². The van der Waals surface area contributed by atoms with Crippen molar-refractivity contribution in [3.8, 4) is 0 Å². The lowest BCUT2D eigenvalue weighted by molar-refractivity contribution is 0.447. The van der Waals surface area contributed by atoms with Gasteiger partial charge >= 0.3 is 0 Å². The first-order valence-corrected chi connectivity index (χ1v) is 7.83. The quantitative estimate of drug-likeness (QED) is 0.801. The third-order valence-electron chi connectivity index (χ3n) is 3.00. The summed E-state index contributed by atoms with van der Waals surface area (Å²) in [7, 11) is -4.14. The van der Waals surface area contributed by atoms with Crippen molar-refractivity contribution >= 4 is 10.1 Å². The molecule has 0 aliphatic rings. The topological polar surface area (TPSA) is 66.4 Å². The Labute approximate surface area is 119 Å². The standard InChI is InChI=1S/C15H17NO3S/c17-20(18,19)15(11-13-7-3-1-4-8-13)16-12-14-9-5-2-6-10-14/h1-10,15-16H,11-12H2,(H,17,18,19). The number of hydrogen-bond acceptors (Lipinski definition) is 3. The lowest BCUT2D eigenvalue weighted by Crippen LogP contribution is -2.37. The van der Waals surface area contributed by atoms with E-state index in [2.05, 4.69) is 5.32 Å². The van der Waals surface area contributed by atoms with Crippen LogP contribution in [0.1, 0.15) is 11.1 Å². The molecule has 0 heterocycles. The minimum Gasteiger partial charge on any atom is -0.295 e. The highest BCUT2D eigenvalue weighted by molar-refractivity contribution is 7.86. The first kappa shape index (κ1) is 14.7. The molecule has 1 atom stereocenters. The van der Waals surface area contributed by atoms with Crippen molar-refractivity contribution in [1.82, 2.24) is 5.32 Å². The molecule has 0 aliphatic heterocycles. The normalized spacial score (nSPS) is 13.1. The van der Waals surface area contributed by atoms with E-state index in [0.717, 1.165) is 11.1 Å². The van der Waals surface area contributed by atoms with Crippen molar-refractivity contribution in [2.24, 2.45) is 0 Å². The highest BCUT2D eigenvalue weighted by Gasteiger charge is 2.22. The molecule has 2 rings (SSSR count). The van der Waals surface area contributed by atoms with Crippen LogP contribution in [0.15, 0.2) is 60.7 Å². The van der Waals surface area contributed by atoms with Crippen molar-refractivity contribution in [3.63, 3.8) is 0 Å². The van der Waals surface area contributed by atoms with Crippen molar-refractivity contribution < 1.29 is 13.0 Å². The second kappa shape index (κ2) is 6.65. The highest BCUT2D eigenvalue weighted by Crippen LogP contribution is 2.08. The van der Waals surface area contributed by atoms with E-state index in [1.165, 1.54) is 0 Å². The maximum absolute atomic E-state index is 11.5. The van der Waals surface area contributed by atoms with Crippen molar-refractivity contribution in [2.45, 2.75) is 18.3 Å². The average Bonchev–Trinajstić information content (AvgIpc) is 2.44. The predicted octanol–water partition coefficient (Wildman–Crippen LogP) is 2.23. The molecule has 0 fully saturated rings. The Morgan fingerprint density at radius 2 is 1.40 bits per heavy atom. The SMILES string of the molecule is O=S(=O)(O)C(Cc1ccccc1)NCc1ccccc1. The van der Waals surface area contributed by atoms with Gasteiger partial charge in [-0.2, -0.15) is 8.42 Å². The highest BCUT2D eigenvalue weighted by atomic mass is 32.2. The first-order valence-electron chi connectivity index (χ1n) is 6.33. The summed E-state index contributed by atoms with van der Waals surface area (Å²) in [6.07, 6.45) is 0.229. The third kappa shape index (κ3) is 4.45. The van der Waals surface area contributed by atoms with Gasteiger partial charge in [-0.25, -0.2) is 0 Å². The maximum atomic E-state index is 11.5. The predicted molar refractivity (Wildman–Crippen MR) is 78.8 cm³/mol. The van der Waals surface area contributed by atoms with Gasteiger partial charge in [0, 0.05) is 13.0 Å². The van der Waals surface area contributed by atoms with Crippen LogP contribution in [-0.2, 0) is 23.1 Å². The van der Waals surface area contributed by atoms with Crippen LogP contribution in [0.25, 0.3) is 0 Å². The van der Waals surface area contributed by atoms with Crippen LogP contribution in [0, 0.1) is 0 Å². The van der Waals surface area contributed by atoms with Crippen LogP contribution >= 0.6 is 0 Å². The molecule has 0 spiro atoms. The summed E-state index contributed by atoms with van der Waals surface area (Å²) < 4.78 is 32.2. The molecule has 0 amide bonds. The fourth-order valence-electron chi connectivity index (χ4n) is 1.94. The zero-order valence-corrected chi connectivity index (χ0v) is 11.8. The van der Waals surface area contributed by atoms with Crippen molar-refractivity contribution in [1.29, 1.82) is 0 Å². The number of nitrogens with one attached hydrogen (secondary N) is 1. The summed E-state index contributed by atoms with van der Waals surface area (Å²) in [6, 6.07) is 18.7. The summed E-state index contributed by atoms with van der Waals surface area (Å²) in [5, 5.41) is 1.88. The molecular formula is C15H17NO3S. The van der Waals surface area contributed by atoms with Gasteiger partial charge in [0.05, 0.1) is 0 Å². The zero-order valence-electron chi connectivity index (χ0n) is 10.9. The van der Waals surface area contributed by atoms with E-state index in [0.29, 0.717) is 6.54 Å². The second-order valence-electron chi connectivity index (χ2n) is 4.56. The molecule has 0 saturated carbocycles. The Morgan fingerprint density at radius 3 is 1.90 bits per heavy atom. The molecule has 2 aromatic carbocycles. The lowest BCUT2D eigenvalue weighted by atomic mass is 10.1. The van der Waals surface area contributed by atoms with Gasteiger partial charge in [0.2, 0.25) is 0 Å². The minimum atomic E-state index is -4.14. The van der Waals surface area contributed by atoms with Gasteiger partial charge < -0.3 is 0 Å². The Bertz CT molecular complexity index is 627. The summed E-state index contributed by atoms with van der Waals surface area (Å²) >= 11 is 0. The maximum Gasteiger partial charge on any atom is 0.281 e. The molecule has 0 radical (unpaired) electrons. The van der Waals surface area contributed by atoms with Gasteiger partial charge in [-0.3, -0.25) is 9.87 Å². The van der Waals surface area contributed by atoms with Crippen molar-refractivity contribution in [2.75, 3.05) is 0 Å². The van der Waals surface area contributed by atoms with Crippen LogP contribution in [-0.4, -0.2) is 18.3 Å². The molecule has 1 unspecified atom stereocenters. The largest absolute Gasteiger partial charge is 0.295 e. The van der Waals surface area contributed by atoms with E-state index in [9.17, 15) is 13.0 Å². The van der Waals surface area contributed by atoms with Gasteiger partial charge in [0.25, 0.3) is 10.1 Å². The van der Waals surface area contributed by atoms with Crippen LogP contribution in [0.3, 0.4) is 0 Å². The molecule has 0 bridgehead atoms. The van der Waals surface area contributed by atoms with Gasteiger partial charge in [-0.05, 0) is 11.1 Å². The molecule has 0 aliphatic carbocycles. The van der Waals surface area contributed by atoms with Crippen LogP contribution in [0.5, 0.6) is 0 Å². The lowest BCUT2D eigenvalue weighted by Gasteiger charge is -2.16.